The molecule has 9 heteroatoms. The molecule has 0 spiro atoms. The topological polar surface area (TPSA) is 75.7 Å². The fourth-order valence-electron chi connectivity index (χ4n) is 3.12. The summed E-state index contributed by atoms with van der Waals surface area (Å²) in [7, 11) is -3.56. The number of ether oxygens (including phenoxy) is 1. The molecule has 0 aromatic heterocycles. The molecule has 156 valence electrons. The van der Waals surface area contributed by atoms with Gasteiger partial charge >= 0.3 is 0 Å². The summed E-state index contributed by atoms with van der Waals surface area (Å²) in [6, 6.07) is 7.28. The number of anilines is 1. The third-order valence-electron chi connectivity index (χ3n) is 4.66. The molecule has 1 N–H and O–H groups in total. The Morgan fingerprint density at radius 3 is 2.48 bits per heavy atom. The van der Waals surface area contributed by atoms with Gasteiger partial charge in [-0.2, -0.15) is 4.31 Å². The summed E-state index contributed by atoms with van der Waals surface area (Å²) in [6.45, 7) is 2.30. The van der Waals surface area contributed by atoms with Crippen molar-refractivity contribution in [1.82, 2.24) is 4.31 Å². The fourth-order valence-corrected chi connectivity index (χ4v) is 4.72. The molecular weight excluding hydrogens is 402 g/mol. The van der Waals surface area contributed by atoms with Crippen LogP contribution in [0.15, 0.2) is 41.3 Å². The van der Waals surface area contributed by atoms with Crippen LogP contribution in [0.5, 0.6) is 5.75 Å². The van der Waals surface area contributed by atoms with E-state index in [4.69, 9.17) is 4.74 Å². The molecule has 0 bridgehead atoms. The van der Waals surface area contributed by atoms with Crippen LogP contribution >= 0.6 is 0 Å². The number of nitrogens with zero attached hydrogens (tertiary/aromatic N) is 1. The number of rotatable bonds is 6. The molecule has 0 saturated carbocycles. The summed E-state index contributed by atoms with van der Waals surface area (Å²) in [5, 5.41) is 2.30. The van der Waals surface area contributed by atoms with Gasteiger partial charge in [0.15, 0.2) is 6.61 Å². The van der Waals surface area contributed by atoms with E-state index in [0.29, 0.717) is 30.5 Å². The molecule has 29 heavy (non-hydrogen) atoms. The second-order valence-electron chi connectivity index (χ2n) is 6.85. The van der Waals surface area contributed by atoms with Gasteiger partial charge in [-0.25, -0.2) is 17.2 Å². The lowest BCUT2D eigenvalue weighted by molar-refractivity contribution is -0.118. The first kappa shape index (κ1) is 21.2. The van der Waals surface area contributed by atoms with E-state index in [0.717, 1.165) is 31.4 Å². The number of sulfonamides is 1. The lowest BCUT2D eigenvalue weighted by Crippen LogP contribution is -2.35. The zero-order valence-corrected chi connectivity index (χ0v) is 16.8. The van der Waals surface area contributed by atoms with Crippen LogP contribution in [0.25, 0.3) is 0 Å². The summed E-state index contributed by atoms with van der Waals surface area (Å²) >= 11 is 0. The number of hydrogen-bond donors (Lipinski definition) is 1. The highest BCUT2D eigenvalue weighted by Crippen LogP contribution is 2.26. The molecule has 1 fully saturated rings. The number of hydrogen-bond acceptors (Lipinski definition) is 4. The van der Waals surface area contributed by atoms with E-state index in [1.54, 1.807) is 6.92 Å². The van der Waals surface area contributed by atoms with Gasteiger partial charge in [0.1, 0.15) is 17.4 Å². The lowest BCUT2D eigenvalue weighted by atomic mass is 10.2. The molecule has 0 unspecified atom stereocenters. The second-order valence-corrected chi connectivity index (χ2v) is 8.79. The number of benzene rings is 2. The number of carbonyl (C=O) groups is 1. The standard InChI is InChI=1S/C20H22F2N2O4S/c1-14-11-16(29(26,27)24-9-3-2-4-10-24)6-8-19(14)28-13-20(25)23-18-7-5-15(21)12-17(18)22/h5-8,11-12H,2-4,9-10,13H2,1H3,(H,23,25). The Balaban J connectivity index is 1.64. The largest absolute Gasteiger partial charge is 0.483 e. The van der Waals surface area contributed by atoms with Crippen LogP contribution in [0.3, 0.4) is 0 Å². The average molecular weight is 424 g/mol. The average Bonchev–Trinajstić information content (AvgIpc) is 2.70. The highest BCUT2D eigenvalue weighted by molar-refractivity contribution is 7.89. The van der Waals surface area contributed by atoms with Crippen molar-refractivity contribution >= 4 is 21.6 Å². The van der Waals surface area contributed by atoms with Crippen molar-refractivity contribution in [3.8, 4) is 5.75 Å². The zero-order valence-electron chi connectivity index (χ0n) is 16.0. The van der Waals surface area contributed by atoms with E-state index < -0.39 is 34.2 Å². The van der Waals surface area contributed by atoms with E-state index in [-0.39, 0.29) is 10.6 Å². The van der Waals surface area contributed by atoms with Crippen LogP contribution in [0, 0.1) is 18.6 Å². The minimum Gasteiger partial charge on any atom is -0.483 e. The second kappa shape index (κ2) is 8.87. The summed E-state index contributed by atoms with van der Waals surface area (Å²) in [5.41, 5.74) is 0.406. The van der Waals surface area contributed by atoms with Gasteiger partial charge in [-0.15, -0.1) is 0 Å². The fraction of sp³-hybridized carbons (Fsp3) is 0.350. The van der Waals surface area contributed by atoms with E-state index in [1.807, 2.05) is 0 Å². The van der Waals surface area contributed by atoms with E-state index in [2.05, 4.69) is 5.32 Å². The SMILES string of the molecule is Cc1cc(S(=O)(=O)N2CCCCC2)ccc1OCC(=O)Nc1ccc(F)cc1F. The number of amides is 1. The van der Waals surface area contributed by atoms with Crippen molar-refractivity contribution < 1.29 is 26.7 Å². The van der Waals surface area contributed by atoms with E-state index >= 15 is 0 Å². The van der Waals surface area contributed by atoms with Crippen LogP contribution < -0.4 is 10.1 Å². The van der Waals surface area contributed by atoms with E-state index in [1.165, 1.54) is 22.5 Å². The van der Waals surface area contributed by atoms with Crippen LogP contribution in [0.1, 0.15) is 24.8 Å². The Kier molecular flexibility index (Phi) is 6.49. The van der Waals surface area contributed by atoms with Crippen molar-refractivity contribution in [2.45, 2.75) is 31.1 Å². The number of aryl methyl sites for hydroxylation is 1. The monoisotopic (exact) mass is 424 g/mol. The Bertz CT molecular complexity index is 1010. The van der Waals surface area contributed by atoms with Crippen molar-refractivity contribution in [2.24, 2.45) is 0 Å². The van der Waals surface area contributed by atoms with Gasteiger partial charge in [0.25, 0.3) is 5.91 Å². The van der Waals surface area contributed by atoms with Gasteiger partial charge in [0.05, 0.1) is 10.6 Å². The van der Waals surface area contributed by atoms with Crippen LogP contribution in [0.4, 0.5) is 14.5 Å². The third kappa shape index (κ3) is 5.10. The molecule has 3 rings (SSSR count). The molecule has 1 saturated heterocycles. The first-order valence-electron chi connectivity index (χ1n) is 9.26. The predicted octanol–water partition coefficient (Wildman–Crippen LogP) is 3.47. The summed E-state index contributed by atoms with van der Waals surface area (Å²) in [5.74, 6) is -1.91. The Morgan fingerprint density at radius 2 is 1.83 bits per heavy atom. The number of carbonyl (C=O) groups excluding carboxylic acids is 1. The van der Waals surface area contributed by atoms with Gasteiger partial charge < -0.3 is 10.1 Å². The van der Waals surface area contributed by atoms with Gasteiger partial charge in [-0.05, 0) is 55.7 Å². The smallest absolute Gasteiger partial charge is 0.262 e. The molecule has 1 heterocycles. The molecular formula is C20H22F2N2O4S. The minimum atomic E-state index is -3.56. The summed E-state index contributed by atoms with van der Waals surface area (Å²) < 4.78 is 58.9. The van der Waals surface area contributed by atoms with Crippen LogP contribution in [0.2, 0.25) is 0 Å². The molecule has 2 aromatic carbocycles. The van der Waals surface area contributed by atoms with Gasteiger partial charge in [-0.3, -0.25) is 4.79 Å². The van der Waals surface area contributed by atoms with Crippen molar-refractivity contribution in [3.63, 3.8) is 0 Å². The van der Waals surface area contributed by atoms with Gasteiger partial charge in [0.2, 0.25) is 10.0 Å². The van der Waals surface area contributed by atoms with Crippen LogP contribution in [-0.4, -0.2) is 38.3 Å². The highest BCUT2D eigenvalue weighted by atomic mass is 32.2. The number of piperidine rings is 1. The molecule has 2 aromatic rings. The van der Waals surface area contributed by atoms with Gasteiger partial charge in [-0.1, -0.05) is 6.42 Å². The minimum absolute atomic E-state index is 0.153. The highest BCUT2D eigenvalue weighted by Gasteiger charge is 2.26. The normalized spacial score (nSPS) is 15.1. The maximum atomic E-state index is 13.6. The quantitative estimate of drug-likeness (QED) is 0.771. The Morgan fingerprint density at radius 1 is 1.10 bits per heavy atom. The third-order valence-corrected chi connectivity index (χ3v) is 6.56. The maximum absolute atomic E-state index is 13.6. The number of nitrogens with one attached hydrogen (secondary N) is 1. The van der Waals surface area contributed by atoms with Gasteiger partial charge in [0, 0.05) is 19.2 Å². The molecule has 1 amide bonds. The lowest BCUT2D eigenvalue weighted by Gasteiger charge is -2.26. The first-order valence-corrected chi connectivity index (χ1v) is 10.7. The molecule has 0 radical (unpaired) electrons. The molecule has 1 aliphatic heterocycles. The van der Waals surface area contributed by atoms with Crippen molar-refractivity contribution in [1.29, 1.82) is 0 Å². The van der Waals surface area contributed by atoms with Crippen LogP contribution in [-0.2, 0) is 14.8 Å². The molecule has 0 atom stereocenters. The van der Waals surface area contributed by atoms with Crippen molar-refractivity contribution in [3.05, 3.63) is 53.6 Å². The summed E-state index contributed by atoms with van der Waals surface area (Å²) in [4.78, 5) is 12.2. The Hall–Kier alpha value is -2.52. The zero-order chi connectivity index (χ0) is 21.0. The first-order chi connectivity index (χ1) is 13.8. The van der Waals surface area contributed by atoms with Crippen molar-refractivity contribution in [2.75, 3.05) is 25.0 Å². The molecule has 0 aliphatic carbocycles. The molecule has 1 aliphatic rings. The van der Waals surface area contributed by atoms with E-state index in [9.17, 15) is 22.0 Å². The Labute approximate surface area is 168 Å². The maximum Gasteiger partial charge on any atom is 0.262 e. The molecule has 6 nitrogen and oxygen atoms in total. The summed E-state index contributed by atoms with van der Waals surface area (Å²) in [6.07, 6.45) is 2.73. The number of halogens is 2. The predicted molar refractivity (Wildman–Crippen MR) is 104 cm³/mol.